The van der Waals surface area contributed by atoms with Crippen molar-refractivity contribution in [3.8, 4) is 0 Å². The summed E-state index contributed by atoms with van der Waals surface area (Å²) in [4.78, 5) is 3.37. The van der Waals surface area contributed by atoms with Crippen LogP contribution in [0.15, 0.2) is 18.2 Å². The maximum absolute atomic E-state index is 5.66. The molecule has 0 unspecified atom stereocenters. The zero-order chi connectivity index (χ0) is 9.42. The summed E-state index contributed by atoms with van der Waals surface area (Å²) in [6, 6.07) is 6.26. The highest BCUT2D eigenvalue weighted by molar-refractivity contribution is 5.87. The molecule has 2 heteroatoms. The lowest BCUT2D eigenvalue weighted by Crippen LogP contribution is -1.96. The average molecular weight is 174 g/mol. The Balaban J connectivity index is 2.84. The normalized spacial score (nSPS) is 11.0. The van der Waals surface area contributed by atoms with Crippen molar-refractivity contribution in [3.63, 3.8) is 0 Å². The average Bonchev–Trinajstić information content (AvgIpc) is 2.43. The van der Waals surface area contributed by atoms with Crippen molar-refractivity contribution in [2.45, 2.75) is 20.4 Å². The van der Waals surface area contributed by atoms with Crippen LogP contribution in [0.5, 0.6) is 0 Å². The molecule has 1 aromatic heterocycles. The summed E-state index contributed by atoms with van der Waals surface area (Å²) in [7, 11) is 0. The van der Waals surface area contributed by atoms with Gasteiger partial charge in [-0.2, -0.15) is 0 Å². The van der Waals surface area contributed by atoms with Gasteiger partial charge < -0.3 is 10.7 Å². The van der Waals surface area contributed by atoms with E-state index in [0.717, 1.165) is 0 Å². The van der Waals surface area contributed by atoms with Crippen LogP contribution in [0, 0.1) is 13.8 Å². The van der Waals surface area contributed by atoms with Crippen molar-refractivity contribution in [2.75, 3.05) is 0 Å². The number of benzene rings is 1. The molecule has 0 amide bonds. The number of aromatic nitrogens is 1. The highest BCUT2D eigenvalue weighted by atomic mass is 14.7. The molecule has 0 saturated carbocycles. The zero-order valence-corrected chi connectivity index (χ0v) is 8.02. The van der Waals surface area contributed by atoms with E-state index in [4.69, 9.17) is 5.73 Å². The fourth-order valence-electron chi connectivity index (χ4n) is 1.71. The first-order chi connectivity index (χ1) is 6.24. The van der Waals surface area contributed by atoms with Crippen LogP contribution in [0.25, 0.3) is 10.9 Å². The predicted molar refractivity (Wildman–Crippen MR) is 55.7 cm³/mol. The van der Waals surface area contributed by atoms with Gasteiger partial charge in [0.05, 0.1) is 5.52 Å². The maximum atomic E-state index is 5.66. The Morgan fingerprint density at radius 3 is 2.77 bits per heavy atom. The van der Waals surface area contributed by atoms with Crippen LogP contribution in [-0.4, -0.2) is 4.98 Å². The second-order valence-corrected chi connectivity index (χ2v) is 3.42. The summed E-state index contributed by atoms with van der Waals surface area (Å²) in [6.07, 6.45) is 0. The molecular formula is C11H14N2. The number of rotatable bonds is 1. The van der Waals surface area contributed by atoms with E-state index in [1.165, 1.54) is 27.7 Å². The van der Waals surface area contributed by atoms with Gasteiger partial charge in [0, 0.05) is 17.6 Å². The van der Waals surface area contributed by atoms with Crippen LogP contribution >= 0.6 is 0 Å². The van der Waals surface area contributed by atoms with Gasteiger partial charge in [0.1, 0.15) is 0 Å². The number of aryl methyl sites for hydroxylation is 2. The number of hydrogen-bond donors (Lipinski definition) is 2. The minimum absolute atomic E-state index is 0.594. The lowest BCUT2D eigenvalue weighted by molar-refractivity contribution is 1.08. The molecule has 0 radical (unpaired) electrons. The molecule has 13 heavy (non-hydrogen) atoms. The summed E-state index contributed by atoms with van der Waals surface area (Å²) in [5.74, 6) is 0. The second-order valence-electron chi connectivity index (χ2n) is 3.42. The Hall–Kier alpha value is -1.28. The molecule has 1 aromatic carbocycles. The summed E-state index contributed by atoms with van der Waals surface area (Å²) in [5.41, 5.74) is 10.6. The minimum Gasteiger partial charge on any atom is -0.358 e. The van der Waals surface area contributed by atoms with Crippen molar-refractivity contribution in [2.24, 2.45) is 5.73 Å². The van der Waals surface area contributed by atoms with Crippen LogP contribution in [0.4, 0.5) is 0 Å². The van der Waals surface area contributed by atoms with E-state index < -0.39 is 0 Å². The first-order valence-corrected chi connectivity index (χ1v) is 4.51. The fourth-order valence-corrected chi connectivity index (χ4v) is 1.71. The van der Waals surface area contributed by atoms with Gasteiger partial charge in [-0.05, 0) is 25.0 Å². The number of nitrogens with two attached hydrogens (primary N) is 1. The monoisotopic (exact) mass is 174 g/mol. The molecule has 0 atom stereocenters. The van der Waals surface area contributed by atoms with Crippen molar-refractivity contribution in [3.05, 3.63) is 35.0 Å². The van der Waals surface area contributed by atoms with Gasteiger partial charge in [-0.25, -0.2) is 0 Å². The van der Waals surface area contributed by atoms with E-state index in [1.54, 1.807) is 0 Å². The van der Waals surface area contributed by atoms with Gasteiger partial charge in [-0.1, -0.05) is 18.2 Å². The van der Waals surface area contributed by atoms with Crippen LogP contribution in [0.3, 0.4) is 0 Å². The molecule has 0 aliphatic heterocycles. The van der Waals surface area contributed by atoms with Gasteiger partial charge in [-0.3, -0.25) is 0 Å². The van der Waals surface area contributed by atoms with E-state index in [-0.39, 0.29) is 0 Å². The number of H-pyrrole nitrogens is 1. The predicted octanol–water partition coefficient (Wildman–Crippen LogP) is 2.24. The highest BCUT2D eigenvalue weighted by Crippen LogP contribution is 2.23. The highest BCUT2D eigenvalue weighted by Gasteiger charge is 2.05. The minimum atomic E-state index is 0.594. The Morgan fingerprint density at radius 2 is 2.08 bits per heavy atom. The first kappa shape index (κ1) is 8.32. The molecule has 1 heterocycles. The molecule has 0 aliphatic carbocycles. The maximum Gasteiger partial charge on any atom is 0.0504 e. The number of para-hydroxylation sites is 1. The SMILES string of the molecule is Cc1[nH]c2c(CN)cccc2c1C. The molecule has 0 saturated heterocycles. The van der Waals surface area contributed by atoms with Crippen molar-refractivity contribution in [1.82, 2.24) is 4.98 Å². The van der Waals surface area contributed by atoms with Gasteiger partial charge in [0.15, 0.2) is 0 Å². The van der Waals surface area contributed by atoms with Gasteiger partial charge in [-0.15, -0.1) is 0 Å². The van der Waals surface area contributed by atoms with Gasteiger partial charge in [0.2, 0.25) is 0 Å². The summed E-state index contributed by atoms with van der Waals surface area (Å²) >= 11 is 0. The Kier molecular flexibility index (Phi) is 1.85. The molecule has 0 fully saturated rings. The smallest absolute Gasteiger partial charge is 0.0504 e. The van der Waals surface area contributed by atoms with Crippen molar-refractivity contribution in [1.29, 1.82) is 0 Å². The fraction of sp³-hybridized carbons (Fsp3) is 0.273. The number of aromatic amines is 1. The van der Waals surface area contributed by atoms with Gasteiger partial charge >= 0.3 is 0 Å². The van der Waals surface area contributed by atoms with E-state index in [9.17, 15) is 0 Å². The van der Waals surface area contributed by atoms with Crippen LogP contribution in [0.1, 0.15) is 16.8 Å². The zero-order valence-electron chi connectivity index (χ0n) is 8.02. The molecule has 3 N–H and O–H groups in total. The molecule has 0 aliphatic rings. The molecule has 68 valence electrons. The van der Waals surface area contributed by atoms with E-state index in [2.05, 4.69) is 37.0 Å². The quantitative estimate of drug-likeness (QED) is 0.684. The Morgan fingerprint density at radius 1 is 1.31 bits per heavy atom. The standard InChI is InChI=1S/C11H14N2/c1-7-8(2)13-11-9(6-12)4-3-5-10(7)11/h3-5,13H,6,12H2,1-2H3. The van der Waals surface area contributed by atoms with Crippen LogP contribution in [0.2, 0.25) is 0 Å². The number of nitrogens with one attached hydrogen (secondary N) is 1. The molecular weight excluding hydrogens is 160 g/mol. The largest absolute Gasteiger partial charge is 0.358 e. The van der Waals surface area contributed by atoms with Crippen molar-refractivity contribution < 1.29 is 0 Å². The molecule has 0 bridgehead atoms. The molecule has 2 aromatic rings. The van der Waals surface area contributed by atoms with E-state index in [1.807, 2.05) is 0 Å². The summed E-state index contributed by atoms with van der Waals surface area (Å²) in [6.45, 7) is 4.82. The molecule has 2 nitrogen and oxygen atoms in total. The third-order valence-corrected chi connectivity index (χ3v) is 2.65. The number of fused-ring (bicyclic) bond motifs is 1. The lowest BCUT2D eigenvalue weighted by Gasteiger charge is -1.98. The van der Waals surface area contributed by atoms with E-state index in [0.29, 0.717) is 6.54 Å². The summed E-state index contributed by atoms with van der Waals surface area (Å²) < 4.78 is 0. The van der Waals surface area contributed by atoms with Crippen LogP contribution in [-0.2, 0) is 6.54 Å². The van der Waals surface area contributed by atoms with Gasteiger partial charge in [0.25, 0.3) is 0 Å². The van der Waals surface area contributed by atoms with Crippen LogP contribution < -0.4 is 5.73 Å². The Bertz CT molecular complexity index is 441. The van der Waals surface area contributed by atoms with E-state index >= 15 is 0 Å². The first-order valence-electron chi connectivity index (χ1n) is 4.51. The second kappa shape index (κ2) is 2.89. The number of hydrogen-bond acceptors (Lipinski definition) is 1. The summed E-state index contributed by atoms with van der Waals surface area (Å²) in [5, 5.41) is 1.29. The third-order valence-electron chi connectivity index (χ3n) is 2.65. The topological polar surface area (TPSA) is 41.8 Å². The lowest BCUT2D eigenvalue weighted by atomic mass is 10.1. The Labute approximate surface area is 77.8 Å². The molecule has 2 rings (SSSR count). The molecule has 0 spiro atoms. The third kappa shape index (κ3) is 1.14. The van der Waals surface area contributed by atoms with Crippen molar-refractivity contribution >= 4 is 10.9 Å².